The third kappa shape index (κ3) is 4.01. The van der Waals surface area contributed by atoms with E-state index >= 15 is 0 Å². The molecule has 0 spiro atoms. The Morgan fingerprint density at radius 1 is 0.886 bits per heavy atom. The number of nitrogens with zero attached hydrogens (tertiary/aromatic N) is 3. The SMILES string of the molecule is N#CC1(c2ccccc2)CCN(Cc2c(C(=O)O)c3ccccc3c(=O)n2-c2ccccc2)CC1. The number of piperidine rings is 1. The molecule has 174 valence electrons. The summed E-state index contributed by atoms with van der Waals surface area (Å²) in [6.07, 6.45) is 1.28. The fraction of sp³-hybridized carbons (Fsp3) is 0.207. The lowest BCUT2D eigenvalue weighted by Gasteiger charge is -2.38. The Morgan fingerprint density at radius 3 is 2.06 bits per heavy atom. The van der Waals surface area contributed by atoms with Gasteiger partial charge in [0, 0.05) is 36.1 Å². The molecule has 1 aromatic heterocycles. The van der Waals surface area contributed by atoms with Crippen molar-refractivity contribution in [2.75, 3.05) is 13.1 Å². The first-order chi connectivity index (χ1) is 17.0. The van der Waals surface area contributed by atoms with E-state index in [2.05, 4.69) is 11.0 Å². The Bertz CT molecular complexity index is 1480. The molecule has 1 aliphatic heterocycles. The lowest BCUT2D eigenvalue weighted by Crippen LogP contribution is -2.42. The third-order valence-corrected chi connectivity index (χ3v) is 7.04. The predicted molar refractivity (Wildman–Crippen MR) is 135 cm³/mol. The number of carboxylic acids is 1. The average molecular weight is 464 g/mol. The zero-order valence-corrected chi connectivity index (χ0v) is 19.2. The van der Waals surface area contributed by atoms with Crippen LogP contribution >= 0.6 is 0 Å². The van der Waals surface area contributed by atoms with Crippen LogP contribution < -0.4 is 5.56 Å². The van der Waals surface area contributed by atoms with Gasteiger partial charge in [-0.25, -0.2) is 4.79 Å². The summed E-state index contributed by atoms with van der Waals surface area (Å²) in [5.74, 6) is -1.06. The Balaban J connectivity index is 1.58. The van der Waals surface area contributed by atoms with E-state index in [4.69, 9.17) is 0 Å². The van der Waals surface area contributed by atoms with Crippen molar-refractivity contribution in [1.82, 2.24) is 9.47 Å². The van der Waals surface area contributed by atoms with Crippen LogP contribution in [0, 0.1) is 11.3 Å². The van der Waals surface area contributed by atoms with Gasteiger partial charge in [-0.3, -0.25) is 14.3 Å². The molecule has 1 aliphatic rings. The molecule has 2 heterocycles. The van der Waals surface area contributed by atoms with E-state index in [1.165, 1.54) is 4.57 Å². The van der Waals surface area contributed by atoms with Crippen molar-refractivity contribution >= 4 is 16.7 Å². The number of benzene rings is 3. The highest BCUT2D eigenvalue weighted by Crippen LogP contribution is 2.36. The highest BCUT2D eigenvalue weighted by Gasteiger charge is 2.37. The maximum Gasteiger partial charge on any atom is 0.338 e. The van der Waals surface area contributed by atoms with Crippen molar-refractivity contribution in [3.63, 3.8) is 0 Å². The molecular weight excluding hydrogens is 438 g/mol. The summed E-state index contributed by atoms with van der Waals surface area (Å²) in [5.41, 5.74) is 1.45. The van der Waals surface area contributed by atoms with Crippen molar-refractivity contribution in [2.45, 2.75) is 24.8 Å². The van der Waals surface area contributed by atoms with Crippen molar-refractivity contribution in [2.24, 2.45) is 0 Å². The van der Waals surface area contributed by atoms with Gasteiger partial charge in [0.2, 0.25) is 0 Å². The van der Waals surface area contributed by atoms with E-state index in [1.54, 1.807) is 24.3 Å². The largest absolute Gasteiger partial charge is 0.478 e. The Labute approximate surface area is 203 Å². The summed E-state index contributed by atoms with van der Waals surface area (Å²) in [7, 11) is 0. The number of hydrogen-bond donors (Lipinski definition) is 1. The molecule has 0 saturated carbocycles. The van der Waals surface area contributed by atoms with E-state index in [9.17, 15) is 20.0 Å². The Hall–Kier alpha value is -4.21. The van der Waals surface area contributed by atoms with Crippen LogP contribution in [-0.2, 0) is 12.0 Å². The van der Waals surface area contributed by atoms with Crippen LogP contribution in [-0.4, -0.2) is 33.6 Å². The molecule has 0 amide bonds. The van der Waals surface area contributed by atoms with Gasteiger partial charge in [0.25, 0.3) is 5.56 Å². The number of aromatic carboxylic acids is 1. The van der Waals surface area contributed by atoms with Gasteiger partial charge < -0.3 is 5.11 Å². The van der Waals surface area contributed by atoms with Gasteiger partial charge in [0.1, 0.15) is 0 Å². The number of carbonyl (C=O) groups is 1. The van der Waals surface area contributed by atoms with E-state index in [0.717, 1.165) is 5.56 Å². The molecular formula is C29H25N3O3. The summed E-state index contributed by atoms with van der Waals surface area (Å²) >= 11 is 0. The van der Waals surface area contributed by atoms with Crippen molar-refractivity contribution < 1.29 is 9.90 Å². The van der Waals surface area contributed by atoms with Gasteiger partial charge in [-0.15, -0.1) is 0 Å². The standard InChI is InChI=1S/C29H25N3O3/c30-20-29(21-9-3-1-4-10-21)15-17-31(18-16-29)19-25-26(28(34)35)23-13-7-8-14-24(23)27(33)32(25)22-11-5-2-6-12-22/h1-14H,15-19H2,(H,34,35). The summed E-state index contributed by atoms with van der Waals surface area (Å²) in [6, 6.07) is 28.4. The number of rotatable bonds is 5. The first-order valence-corrected chi connectivity index (χ1v) is 11.7. The zero-order chi connectivity index (χ0) is 24.4. The van der Waals surface area contributed by atoms with Gasteiger partial charge in [-0.1, -0.05) is 66.7 Å². The number of carboxylic acid groups (broad SMARTS) is 1. The minimum absolute atomic E-state index is 0.143. The number of aromatic nitrogens is 1. The summed E-state index contributed by atoms with van der Waals surface area (Å²) in [5, 5.41) is 21.1. The molecule has 6 nitrogen and oxygen atoms in total. The summed E-state index contributed by atoms with van der Waals surface area (Å²) in [4.78, 5) is 28.3. The third-order valence-electron chi connectivity index (χ3n) is 7.04. The minimum Gasteiger partial charge on any atom is -0.478 e. The number of para-hydroxylation sites is 1. The molecule has 35 heavy (non-hydrogen) atoms. The first-order valence-electron chi connectivity index (χ1n) is 11.7. The molecule has 0 aliphatic carbocycles. The van der Waals surface area contributed by atoms with Crippen LogP contribution in [0.1, 0.15) is 34.5 Å². The molecule has 1 N–H and O–H groups in total. The maximum absolute atomic E-state index is 13.6. The molecule has 0 bridgehead atoms. The van der Waals surface area contributed by atoms with Gasteiger partial charge in [-0.2, -0.15) is 5.26 Å². The maximum atomic E-state index is 13.6. The van der Waals surface area contributed by atoms with Crippen molar-refractivity contribution in [3.05, 3.63) is 112 Å². The molecule has 1 saturated heterocycles. The van der Waals surface area contributed by atoms with Crippen LogP contribution in [0.15, 0.2) is 89.7 Å². The van der Waals surface area contributed by atoms with Crippen molar-refractivity contribution in [1.29, 1.82) is 5.26 Å². The molecule has 0 unspecified atom stereocenters. The Kier molecular flexibility index (Phi) is 5.94. The molecule has 3 aromatic carbocycles. The minimum atomic E-state index is -1.06. The first kappa shape index (κ1) is 22.6. The number of likely N-dealkylation sites (tertiary alicyclic amines) is 1. The second-order valence-electron chi connectivity index (χ2n) is 8.98. The molecule has 4 aromatic rings. The highest BCUT2D eigenvalue weighted by atomic mass is 16.4. The molecule has 0 radical (unpaired) electrons. The van der Waals surface area contributed by atoms with Gasteiger partial charge in [0.05, 0.1) is 22.7 Å². The fourth-order valence-corrected chi connectivity index (χ4v) is 5.16. The van der Waals surface area contributed by atoms with Crippen molar-refractivity contribution in [3.8, 4) is 11.8 Å². The van der Waals surface area contributed by atoms with Crippen LogP contribution in [0.2, 0.25) is 0 Å². The lowest BCUT2D eigenvalue weighted by atomic mass is 9.74. The smallest absolute Gasteiger partial charge is 0.338 e. The normalized spacial score (nSPS) is 15.5. The number of fused-ring (bicyclic) bond motifs is 1. The molecule has 0 atom stereocenters. The summed E-state index contributed by atoms with van der Waals surface area (Å²) < 4.78 is 1.54. The molecule has 1 fully saturated rings. The van der Waals surface area contributed by atoms with Crippen LogP contribution in [0.5, 0.6) is 0 Å². The summed E-state index contributed by atoms with van der Waals surface area (Å²) in [6.45, 7) is 1.54. The lowest BCUT2D eigenvalue weighted by molar-refractivity contribution is 0.0694. The predicted octanol–water partition coefficient (Wildman–Crippen LogP) is 4.75. The van der Waals surface area contributed by atoms with E-state index in [0.29, 0.717) is 54.6 Å². The van der Waals surface area contributed by atoms with Gasteiger partial charge >= 0.3 is 5.97 Å². The second-order valence-corrected chi connectivity index (χ2v) is 8.98. The monoisotopic (exact) mass is 463 g/mol. The van der Waals surface area contributed by atoms with Gasteiger partial charge in [0.15, 0.2) is 0 Å². The number of hydrogen-bond acceptors (Lipinski definition) is 4. The van der Waals surface area contributed by atoms with Crippen LogP contribution in [0.3, 0.4) is 0 Å². The van der Waals surface area contributed by atoms with Crippen LogP contribution in [0.4, 0.5) is 0 Å². The van der Waals surface area contributed by atoms with E-state index in [1.807, 2.05) is 60.7 Å². The van der Waals surface area contributed by atoms with E-state index in [-0.39, 0.29) is 11.1 Å². The number of nitriles is 1. The molecule has 5 rings (SSSR count). The fourth-order valence-electron chi connectivity index (χ4n) is 5.16. The highest BCUT2D eigenvalue weighted by molar-refractivity contribution is 6.04. The topological polar surface area (TPSA) is 86.3 Å². The van der Waals surface area contributed by atoms with Gasteiger partial charge in [-0.05, 0) is 36.6 Å². The van der Waals surface area contributed by atoms with E-state index < -0.39 is 11.4 Å². The zero-order valence-electron chi connectivity index (χ0n) is 19.2. The number of pyridine rings is 1. The Morgan fingerprint density at radius 2 is 1.46 bits per heavy atom. The molecule has 6 heteroatoms. The quantitative estimate of drug-likeness (QED) is 0.462. The van der Waals surface area contributed by atoms with Crippen LogP contribution in [0.25, 0.3) is 16.5 Å². The average Bonchev–Trinajstić information content (AvgIpc) is 2.90. The second kappa shape index (κ2) is 9.21.